The van der Waals surface area contributed by atoms with E-state index in [9.17, 15) is 8.42 Å². The van der Waals surface area contributed by atoms with E-state index in [1.165, 1.54) is 19.0 Å². The average molecular weight is 286 g/mol. The number of likely N-dealkylation sites (tertiary alicyclic amines) is 1. The number of nitrogens with one attached hydrogen (secondary N) is 2. The Kier molecular flexibility index (Phi) is 4.95. The number of rotatable bonds is 7. The normalized spacial score (nSPS) is 17.1. The highest BCUT2D eigenvalue weighted by Gasteiger charge is 2.16. The molecule has 0 aromatic carbocycles. The summed E-state index contributed by atoms with van der Waals surface area (Å²) >= 11 is 0. The quantitative estimate of drug-likeness (QED) is 0.725. The second kappa shape index (κ2) is 6.49. The van der Waals surface area contributed by atoms with E-state index in [0.717, 1.165) is 26.1 Å². The Labute approximate surface area is 114 Å². The van der Waals surface area contributed by atoms with Gasteiger partial charge in [-0.05, 0) is 38.9 Å². The number of hydrogen-bond acceptors (Lipinski definition) is 4. The van der Waals surface area contributed by atoms with Crippen molar-refractivity contribution in [2.45, 2.75) is 37.6 Å². The number of nitrogens with zero attached hydrogens (tertiary/aromatic N) is 2. The molecule has 6 nitrogen and oxygen atoms in total. The molecule has 1 aromatic heterocycles. The standard InChI is InChI=1S/C12H22N4O2S/c1-2-11-13-10-12(15-11)19(17,18)14-6-5-9-16-7-3-4-8-16/h10,14H,2-9H2,1H3,(H,13,15). The first-order chi connectivity index (χ1) is 9.12. The lowest BCUT2D eigenvalue weighted by molar-refractivity contribution is 0.334. The van der Waals surface area contributed by atoms with Crippen LogP contribution in [0.15, 0.2) is 11.2 Å². The summed E-state index contributed by atoms with van der Waals surface area (Å²) in [4.78, 5) is 9.20. The molecule has 0 saturated carbocycles. The molecule has 2 heterocycles. The van der Waals surface area contributed by atoms with Gasteiger partial charge in [-0.2, -0.15) is 0 Å². The highest BCUT2D eigenvalue weighted by molar-refractivity contribution is 7.89. The minimum atomic E-state index is -3.43. The molecular formula is C12H22N4O2S. The molecule has 1 saturated heterocycles. The fourth-order valence-corrected chi connectivity index (χ4v) is 3.26. The first kappa shape index (κ1) is 14.5. The van der Waals surface area contributed by atoms with E-state index in [0.29, 0.717) is 18.8 Å². The predicted molar refractivity (Wildman–Crippen MR) is 73.4 cm³/mol. The smallest absolute Gasteiger partial charge is 0.257 e. The number of imidazole rings is 1. The topological polar surface area (TPSA) is 78.1 Å². The summed E-state index contributed by atoms with van der Waals surface area (Å²) in [6, 6.07) is 0. The Morgan fingerprint density at radius 1 is 1.42 bits per heavy atom. The lowest BCUT2D eigenvalue weighted by atomic mass is 10.4. The van der Waals surface area contributed by atoms with Crippen LogP contribution >= 0.6 is 0 Å². The Balaban J connectivity index is 1.77. The summed E-state index contributed by atoms with van der Waals surface area (Å²) in [5.41, 5.74) is 0. The zero-order valence-electron chi connectivity index (χ0n) is 11.4. The SMILES string of the molecule is CCc1ncc(S(=O)(=O)NCCCN2CCCC2)[nH]1. The van der Waals surface area contributed by atoms with Crippen LogP contribution in [0.5, 0.6) is 0 Å². The van der Waals surface area contributed by atoms with Crippen molar-refractivity contribution in [2.75, 3.05) is 26.2 Å². The van der Waals surface area contributed by atoms with Gasteiger partial charge in [0.2, 0.25) is 0 Å². The molecule has 2 rings (SSSR count). The van der Waals surface area contributed by atoms with Gasteiger partial charge in [-0.25, -0.2) is 18.1 Å². The van der Waals surface area contributed by atoms with Gasteiger partial charge < -0.3 is 9.88 Å². The zero-order chi connectivity index (χ0) is 13.7. The first-order valence-electron chi connectivity index (χ1n) is 6.87. The molecule has 7 heteroatoms. The van der Waals surface area contributed by atoms with E-state index in [-0.39, 0.29) is 5.03 Å². The molecule has 19 heavy (non-hydrogen) atoms. The molecular weight excluding hydrogens is 264 g/mol. The molecule has 0 aliphatic carbocycles. The molecule has 108 valence electrons. The summed E-state index contributed by atoms with van der Waals surface area (Å²) in [6.07, 6.45) is 5.44. The predicted octanol–water partition coefficient (Wildman–Crippen LogP) is 0.736. The summed E-state index contributed by atoms with van der Waals surface area (Å²) in [5.74, 6) is 0.692. The van der Waals surface area contributed by atoms with Gasteiger partial charge in [0.05, 0.1) is 6.20 Å². The highest BCUT2D eigenvalue weighted by Crippen LogP contribution is 2.08. The van der Waals surface area contributed by atoms with E-state index in [1.807, 2.05) is 6.92 Å². The van der Waals surface area contributed by atoms with Crippen molar-refractivity contribution in [3.63, 3.8) is 0 Å². The third-order valence-corrected chi connectivity index (χ3v) is 4.74. The van der Waals surface area contributed by atoms with Crippen molar-refractivity contribution < 1.29 is 8.42 Å². The van der Waals surface area contributed by atoms with Gasteiger partial charge in [-0.1, -0.05) is 6.92 Å². The molecule has 1 fully saturated rings. The molecule has 0 amide bonds. The largest absolute Gasteiger partial charge is 0.332 e. The van der Waals surface area contributed by atoms with Gasteiger partial charge in [0, 0.05) is 13.0 Å². The van der Waals surface area contributed by atoms with Gasteiger partial charge in [0.25, 0.3) is 10.0 Å². The third-order valence-electron chi connectivity index (χ3n) is 3.37. The second-order valence-corrected chi connectivity index (χ2v) is 6.58. The lowest BCUT2D eigenvalue weighted by Gasteiger charge is -2.14. The van der Waals surface area contributed by atoms with E-state index in [4.69, 9.17) is 0 Å². The van der Waals surface area contributed by atoms with Crippen LogP contribution in [-0.2, 0) is 16.4 Å². The van der Waals surface area contributed by atoms with Crippen LogP contribution in [0.1, 0.15) is 32.0 Å². The number of sulfonamides is 1. The Morgan fingerprint density at radius 2 is 2.16 bits per heavy atom. The van der Waals surface area contributed by atoms with E-state index in [2.05, 4.69) is 19.6 Å². The van der Waals surface area contributed by atoms with Gasteiger partial charge in [-0.15, -0.1) is 0 Å². The Morgan fingerprint density at radius 3 is 2.79 bits per heavy atom. The van der Waals surface area contributed by atoms with Crippen molar-refractivity contribution in [1.29, 1.82) is 0 Å². The molecule has 2 N–H and O–H groups in total. The monoisotopic (exact) mass is 286 g/mol. The van der Waals surface area contributed by atoms with Crippen LogP contribution < -0.4 is 4.72 Å². The minimum absolute atomic E-state index is 0.158. The zero-order valence-corrected chi connectivity index (χ0v) is 12.2. The molecule has 0 unspecified atom stereocenters. The maximum absolute atomic E-state index is 12.0. The van der Waals surface area contributed by atoms with Crippen molar-refractivity contribution in [3.05, 3.63) is 12.0 Å². The summed E-state index contributed by atoms with van der Waals surface area (Å²) in [7, 11) is -3.43. The van der Waals surface area contributed by atoms with Gasteiger partial charge >= 0.3 is 0 Å². The third kappa shape index (κ3) is 4.02. The van der Waals surface area contributed by atoms with Crippen molar-refractivity contribution in [3.8, 4) is 0 Å². The molecule has 0 radical (unpaired) electrons. The van der Waals surface area contributed by atoms with Crippen molar-refractivity contribution in [2.24, 2.45) is 0 Å². The molecule has 0 atom stereocenters. The van der Waals surface area contributed by atoms with Crippen LogP contribution in [0, 0.1) is 0 Å². The molecule has 1 aromatic rings. The average Bonchev–Trinajstić information content (AvgIpc) is 3.05. The Hall–Kier alpha value is -0.920. The Bertz CT molecular complexity index is 492. The van der Waals surface area contributed by atoms with Crippen LogP contribution in [0.25, 0.3) is 0 Å². The number of aromatic amines is 1. The van der Waals surface area contributed by atoms with Crippen LogP contribution in [0.4, 0.5) is 0 Å². The summed E-state index contributed by atoms with van der Waals surface area (Å²) in [5, 5.41) is 0.158. The number of H-pyrrole nitrogens is 1. The van der Waals surface area contributed by atoms with Crippen LogP contribution in [0.3, 0.4) is 0 Å². The first-order valence-corrected chi connectivity index (χ1v) is 8.36. The minimum Gasteiger partial charge on any atom is -0.332 e. The number of aromatic nitrogens is 2. The van der Waals surface area contributed by atoms with E-state index >= 15 is 0 Å². The molecule has 1 aliphatic rings. The van der Waals surface area contributed by atoms with Crippen LogP contribution in [0.2, 0.25) is 0 Å². The van der Waals surface area contributed by atoms with Gasteiger partial charge in [0.15, 0.2) is 5.03 Å². The van der Waals surface area contributed by atoms with Crippen molar-refractivity contribution in [1.82, 2.24) is 19.6 Å². The highest BCUT2D eigenvalue weighted by atomic mass is 32.2. The fourth-order valence-electron chi connectivity index (χ4n) is 2.25. The summed E-state index contributed by atoms with van der Waals surface area (Å²) < 4.78 is 26.5. The molecule has 0 spiro atoms. The lowest BCUT2D eigenvalue weighted by Crippen LogP contribution is -2.29. The van der Waals surface area contributed by atoms with E-state index < -0.39 is 10.0 Å². The van der Waals surface area contributed by atoms with Crippen molar-refractivity contribution >= 4 is 10.0 Å². The molecule has 1 aliphatic heterocycles. The van der Waals surface area contributed by atoms with Gasteiger partial charge in [0.1, 0.15) is 5.82 Å². The van der Waals surface area contributed by atoms with Gasteiger partial charge in [-0.3, -0.25) is 0 Å². The number of aryl methyl sites for hydroxylation is 1. The second-order valence-electron chi connectivity index (χ2n) is 4.85. The molecule has 0 bridgehead atoms. The summed E-state index contributed by atoms with van der Waals surface area (Å²) in [6.45, 7) is 5.66. The maximum Gasteiger partial charge on any atom is 0.257 e. The van der Waals surface area contributed by atoms with E-state index in [1.54, 1.807) is 0 Å². The van der Waals surface area contributed by atoms with Crippen LogP contribution in [-0.4, -0.2) is 49.5 Å². The number of hydrogen-bond donors (Lipinski definition) is 2. The maximum atomic E-state index is 12.0. The fraction of sp³-hybridized carbons (Fsp3) is 0.750.